The van der Waals surface area contributed by atoms with E-state index in [1.165, 1.54) is 0 Å². The number of amides is 1. The van der Waals surface area contributed by atoms with Crippen molar-refractivity contribution in [1.29, 1.82) is 5.26 Å². The van der Waals surface area contributed by atoms with Crippen molar-refractivity contribution in [3.05, 3.63) is 0 Å². The van der Waals surface area contributed by atoms with Gasteiger partial charge in [0.15, 0.2) is 0 Å². The van der Waals surface area contributed by atoms with Gasteiger partial charge in [0.1, 0.15) is 0 Å². The maximum atomic E-state index is 11.5. The number of carbonyl (C=O) groups excluding carboxylic acids is 1. The van der Waals surface area contributed by atoms with Crippen LogP contribution in [0.4, 0.5) is 0 Å². The van der Waals surface area contributed by atoms with Crippen molar-refractivity contribution >= 4 is 21.8 Å². The Bertz CT molecular complexity index is 243. The number of halogens is 1. The Morgan fingerprint density at radius 2 is 2.07 bits per heavy atom. The van der Waals surface area contributed by atoms with E-state index in [-0.39, 0.29) is 16.7 Å². The molecule has 0 saturated carbocycles. The lowest BCUT2D eigenvalue weighted by molar-refractivity contribution is -0.121. The van der Waals surface area contributed by atoms with Crippen molar-refractivity contribution in [2.45, 2.75) is 32.5 Å². The Balaban J connectivity index is 4.05. The Hall–Kier alpha value is -0.560. The van der Waals surface area contributed by atoms with E-state index in [4.69, 9.17) is 5.26 Å². The van der Waals surface area contributed by atoms with Crippen LogP contribution in [0.3, 0.4) is 0 Å². The molecule has 1 N–H and O–H groups in total. The van der Waals surface area contributed by atoms with Gasteiger partial charge in [-0.3, -0.25) is 4.79 Å². The van der Waals surface area contributed by atoms with Crippen LogP contribution in [-0.2, 0) is 4.79 Å². The number of nitriles is 1. The molecule has 80 valence electrons. The molecule has 1 amide bonds. The van der Waals surface area contributed by atoms with Crippen molar-refractivity contribution < 1.29 is 4.79 Å². The van der Waals surface area contributed by atoms with Crippen LogP contribution in [0.5, 0.6) is 0 Å². The lowest BCUT2D eigenvalue weighted by Crippen LogP contribution is -2.39. The minimum Gasteiger partial charge on any atom is -0.354 e. The fourth-order valence-corrected chi connectivity index (χ4v) is 0.910. The molecule has 0 aromatic rings. The molecule has 1 unspecified atom stereocenters. The minimum atomic E-state index is -0.501. The summed E-state index contributed by atoms with van der Waals surface area (Å²) in [6.45, 7) is 7.91. The van der Waals surface area contributed by atoms with E-state index in [0.29, 0.717) is 6.54 Å². The van der Waals surface area contributed by atoms with E-state index >= 15 is 0 Å². The molecule has 0 bridgehead atoms. The lowest BCUT2D eigenvalue weighted by Gasteiger charge is -2.19. The average molecular weight is 261 g/mol. The molecule has 0 aliphatic carbocycles. The van der Waals surface area contributed by atoms with Crippen LogP contribution in [0.15, 0.2) is 0 Å². The second-order valence-corrected chi connectivity index (χ2v) is 5.35. The molecule has 0 saturated heterocycles. The molecule has 14 heavy (non-hydrogen) atoms. The van der Waals surface area contributed by atoms with Gasteiger partial charge in [-0.15, -0.1) is 0 Å². The van der Waals surface area contributed by atoms with Crippen molar-refractivity contribution in [1.82, 2.24) is 5.32 Å². The summed E-state index contributed by atoms with van der Waals surface area (Å²) in [4.78, 5) is 11.3. The van der Waals surface area contributed by atoms with Crippen LogP contribution >= 0.6 is 15.9 Å². The van der Waals surface area contributed by atoms with Crippen molar-refractivity contribution in [3.63, 3.8) is 0 Å². The van der Waals surface area contributed by atoms with Gasteiger partial charge in [0, 0.05) is 6.54 Å². The van der Waals surface area contributed by atoms with Crippen LogP contribution in [-0.4, -0.2) is 17.3 Å². The molecule has 0 aromatic carbocycles. The van der Waals surface area contributed by atoms with E-state index in [0.717, 1.165) is 0 Å². The van der Waals surface area contributed by atoms with Gasteiger partial charge in [0.05, 0.1) is 16.3 Å². The molecular formula is C10H17BrN2O. The molecule has 0 rings (SSSR count). The summed E-state index contributed by atoms with van der Waals surface area (Å²) in [7, 11) is 0. The normalized spacial score (nSPS) is 13.5. The topological polar surface area (TPSA) is 52.9 Å². The van der Waals surface area contributed by atoms with Crippen LogP contribution in [0, 0.1) is 22.7 Å². The highest BCUT2D eigenvalue weighted by atomic mass is 79.9. The predicted molar refractivity (Wildman–Crippen MR) is 60.0 cm³/mol. The molecule has 0 aliphatic heterocycles. The van der Waals surface area contributed by atoms with Gasteiger partial charge in [-0.2, -0.15) is 5.26 Å². The van der Waals surface area contributed by atoms with Gasteiger partial charge in [-0.25, -0.2) is 0 Å². The highest BCUT2D eigenvalue weighted by Crippen LogP contribution is 2.14. The van der Waals surface area contributed by atoms with Crippen LogP contribution < -0.4 is 5.32 Å². The Kier molecular flexibility index (Phi) is 5.14. The van der Waals surface area contributed by atoms with Gasteiger partial charge < -0.3 is 5.32 Å². The molecule has 3 nitrogen and oxygen atoms in total. The maximum absolute atomic E-state index is 11.5. The van der Waals surface area contributed by atoms with Crippen molar-refractivity contribution in [2.75, 3.05) is 6.54 Å². The standard InChI is InChI=1S/C10H17BrN2O/c1-7(2)8(11)9(14)13-6-10(3,4)5-12/h7-8H,6H2,1-4H3,(H,13,14). The smallest absolute Gasteiger partial charge is 0.234 e. The summed E-state index contributed by atoms with van der Waals surface area (Å²) < 4.78 is 0. The average Bonchev–Trinajstić information content (AvgIpc) is 2.13. The third kappa shape index (κ3) is 4.61. The Morgan fingerprint density at radius 3 is 2.43 bits per heavy atom. The van der Waals surface area contributed by atoms with E-state index in [2.05, 4.69) is 27.3 Å². The second-order valence-electron chi connectivity index (χ2n) is 4.36. The molecule has 1 atom stereocenters. The van der Waals surface area contributed by atoms with Crippen LogP contribution in [0.25, 0.3) is 0 Å². The maximum Gasteiger partial charge on any atom is 0.234 e. The first-order chi connectivity index (χ1) is 6.30. The van der Waals surface area contributed by atoms with E-state index in [1.807, 2.05) is 13.8 Å². The summed E-state index contributed by atoms with van der Waals surface area (Å²) in [5.74, 6) is 0.198. The number of hydrogen-bond acceptors (Lipinski definition) is 2. The number of rotatable bonds is 4. The zero-order valence-corrected chi connectivity index (χ0v) is 10.7. The zero-order chi connectivity index (χ0) is 11.4. The SMILES string of the molecule is CC(C)C(Br)C(=O)NCC(C)(C)C#N. The summed E-state index contributed by atoms with van der Waals surface area (Å²) in [5, 5.41) is 11.5. The third-order valence-corrected chi connectivity index (χ3v) is 3.32. The number of hydrogen-bond donors (Lipinski definition) is 1. The highest BCUT2D eigenvalue weighted by Gasteiger charge is 2.22. The molecule has 4 heteroatoms. The Labute approximate surface area is 94.0 Å². The summed E-state index contributed by atoms with van der Waals surface area (Å²) in [6.07, 6.45) is 0. The Morgan fingerprint density at radius 1 is 1.57 bits per heavy atom. The van der Waals surface area contributed by atoms with Gasteiger partial charge in [-0.1, -0.05) is 29.8 Å². The molecule has 0 aromatic heterocycles. The van der Waals surface area contributed by atoms with Crippen LogP contribution in [0.2, 0.25) is 0 Å². The first-order valence-corrected chi connectivity index (χ1v) is 5.55. The van der Waals surface area contributed by atoms with E-state index in [9.17, 15) is 4.79 Å². The number of nitrogens with one attached hydrogen (secondary N) is 1. The summed E-state index contributed by atoms with van der Waals surface area (Å²) in [6, 6.07) is 2.13. The van der Waals surface area contributed by atoms with Crippen molar-refractivity contribution in [2.24, 2.45) is 11.3 Å². The number of alkyl halides is 1. The molecular weight excluding hydrogens is 244 g/mol. The summed E-state index contributed by atoms with van der Waals surface area (Å²) in [5.41, 5.74) is -0.501. The zero-order valence-electron chi connectivity index (χ0n) is 9.10. The minimum absolute atomic E-state index is 0.0525. The van der Waals surface area contributed by atoms with E-state index in [1.54, 1.807) is 13.8 Å². The number of nitrogens with zero attached hydrogens (tertiary/aromatic N) is 1. The van der Waals surface area contributed by atoms with Crippen LogP contribution in [0.1, 0.15) is 27.7 Å². The van der Waals surface area contributed by atoms with Gasteiger partial charge in [0.25, 0.3) is 0 Å². The van der Waals surface area contributed by atoms with Crippen molar-refractivity contribution in [3.8, 4) is 6.07 Å². The molecule has 0 heterocycles. The fraction of sp³-hybridized carbons (Fsp3) is 0.800. The monoisotopic (exact) mass is 260 g/mol. The summed E-state index contributed by atoms with van der Waals surface area (Å²) >= 11 is 3.30. The molecule has 0 aliphatic rings. The second kappa shape index (κ2) is 5.35. The fourth-order valence-electron chi connectivity index (χ4n) is 0.748. The quantitative estimate of drug-likeness (QED) is 0.787. The molecule has 0 spiro atoms. The van der Waals surface area contributed by atoms with Gasteiger partial charge in [0.2, 0.25) is 5.91 Å². The number of carbonyl (C=O) groups is 1. The highest BCUT2D eigenvalue weighted by molar-refractivity contribution is 9.10. The largest absolute Gasteiger partial charge is 0.354 e. The first-order valence-electron chi connectivity index (χ1n) is 4.63. The predicted octanol–water partition coefficient (Wildman–Crippen LogP) is 2.07. The molecule has 0 fully saturated rings. The third-order valence-electron chi connectivity index (χ3n) is 1.84. The van der Waals surface area contributed by atoms with E-state index < -0.39 is 5.41 Å². The van der Waals surface area contributed by atoms with Gasteiger partial charge in [-0.05, 0) is 19.8 Å². The lowest BCUT2D eigenvalue weighted by atomic mass is 9.96. The first kappa shape index (κ1) is 13.4. The van der Waals surface area contributed by atoms with Gasteiger partial charge >= 0.3 is 0 Å². The molecule has 0 radical (unpaired) electrons.